The van der Waals surface area contributed by atoms with Gasteiger partial charge in [0.2, 0.25) is 5.91 Å². The first-order valence-corrected chi connectivity index (χ1v) is 5.74. The molecule has 0 atom stereocenters. The van der Waals surface area contributed by atoms with Gasteiger partial charge in [0.25, 0.3) is 0 Å². The van der Waals surface area contributed by atoms with Crippen molar-refractivity contribution in [2.75, 3.05) is 25.0 Å². The van der Waals surface area contributed by atoms with Crippen LogP contribution in [0.4, 0.5) is 5.69 Å². The Balaban J connectivity index is 2.79. The van der Waals surface area contributed by atoms with Crippen LogP contribution in [0.3, 0.4) is 0 Å². The van der Waals surface area contributed by atoms with Gasteiger partial charge in [-0.1, -0.05) is 30.1 Å². The van der Waals surface area contributed by atoms with Gasteiger partial charge in [-0.05, 0) is 24.7 Å². The van der Waals surface area contributed by atoms with Crippen molar-refractivity contribution < 1.29 is 4.79 Å². The molecular weight excluding hydrogens is 247 g/mol. The molecule has 3 nitrogen and oxygen atoms in total. The van der Waals surface area contributed by atoms with Crippen molar-refractivity contribution in [3.8, 4) is 0 Å². The third kappa shape index (κ3) is 3.37. The summed E-state index contributed by atoms with van der Waals surface area (Å²) >= 11 is 11.8. The lowest BCUT2D eigenvalue weighted by molar-refractivity contribution is -0.117. The summed E-state index contributed by atoms with van der Waals surface area (Å²) in [5.74, 6) is -0.0360. The van der Waals surface area contributed by atoms with Crippen molar-refractivity contribution >= 4 is 34.8 Å². The maximum atomic E-state index is 11.7. The Hall–Kier alpha value is -0.770. The molecule has 1 aromatic carbocycles. The number of likely N-dealkylation sites (N-methyl/N-ethyl adjacent to an activating group) is 2. The summed E-state index contributed by atoms with van der Waals surface area (Å²) < 4.78 is 0. The molecule has 0 aliphatic heterocycles. The lowest BCUT2D eigenvalue weighted by atomic mass is 10.3. The molecule has 0 saturated carbocycles. The van der Waals surface area contributed by atoms with Crippen LogP contribution in [0, 0.1) is 0 Å². The first-order chi connectivity index (χ1) is 7.56. The van der Waals surface area contributed by atoms with E-state index in [2.05, 4.69) is 5.32 Å². The van der Waals surface area contributed by atoms with Gasteiger partial charge in [-0.15, -0.1) is 0 Å². The van der Waals surface area contributed by atoms with E-state index in [4.69, 9.17) is 23.2 Å². The zero-order chi connectivity index (χ0) is 12.1. The highest BCUT2D eigenvalue weighted by molar-refractivity contribution is 6.36. The normalized spacial score (nSPS) is 10.2. The molecular formula is C11H14Cl2N2O. The maximum absolute atomic E-state index is 11.7. The summed E-state index contributed by atoms with van der Waals surface area (Å²) in [4.78, 5) is 13.2. The molecule has 0 unspecified atom stereocenters. The second kappa shape index (κ2) is 6.09. The van der Waals surface area contributed by atoms with Gasteiger partial charge in [-0.2, -0.15) is 0 Å². The largest absolute Gasteiger partial charge is 0.313 e. The van der Waals surface area contributed by atoms with E-state index in [1.54, 1.807) is 25.2 Å². The summed E-state index contributed by atoms with van der Waals surface area (Å²) in [7, 11) is 1.69. The van der Waals surface area contributed by atoms with E-state index in [-0.39, 0.29) is 5.91 Å². The molecule has 0 aliphatic carbocycles. The van der Waals surface area contributed by atoms with Crippen molar-refractivity contribution in [1.29, 1.82) is 0 Å². The van der Waals surface area contributed by atoms with E-state index in [0.717, 1.165) is 6.54 Å². The first kappa shape index (κ1) is 13.3. The van der Waals surface area contributed by atoms with Crippen molar-refractivity contribution in [1.82, 2.24) is 5.32 Å². The van der Waals surface area contributed by atoms with E-state index in [1.807, 2.05) is 6.92 Å². The van der Waals surface area contributed by atoms with Crippen LogP contribution in [0.5, 0.6) is 0 Å². The Bertz CT molecular complexity index is 382. The van der Waals surface area contributed by atoms with Crippen LogP contribution >= 0.6 is 23.2 Å². The Morgan fingerprint density at radius 2 is 2.12 bits per heavy atom. The first-order valence-electron chi connectivity index (χ1n) is 4.98. The van der Waals surface area contributed by atoms with Gasteiger partial charge in [-0.25, -0.2) is 0 Å². The molecule has 16 heavy (non-hydrogen) atoms. The number of hydrogen-bond donors (Lipinski definition) is 1. The van der Waals surface area contributed by atoms with Gasteiger partial charge >= 0.3 is 0 Å². The SMILES string of the molecule is CCNCC(=O)N(C)c1ccc(Cl)cc1Cl. The number of nitrogens with zero attached hydrogens (tertiary/aromatic N) is 1. The molecule has 1 rings (SSSR count). The fourth-order valence-corrected chi connectivity index (χ4v) is 1.77. The summed E-state index contributed by atoms with van der Waals surface area (Å²) in [6.45, 7) is 3.00. The minimum Gasteiger partial charge on any atom is -0.313 e. The summed E-state index contributed by atoms with van der Waals surface area (Å²) in [6.07, 6.45) is 0. The predicted molar refractivity (Wildman–Crippen MR) is 68.4 cm³/mol. The Morgan fingerprint density at radius 1 is 1.44 bits per heavy atom. The number of anilines is 1. The van der Waals surface area contributed by atoms with Gasteiger partial charge in [-0.3, -0.25) is 4.79 Å². The molecule has 88 valence electrons. The number of halogens is 2. The monoisotopic (exact) mass is 260 g/mol. The number of nitrogens with one attached hydrogen (secondary N) is 1. The highest BCUT2D eigenvalue weighted by atomic mass is 35.5. The van der Waals surface area contributed by atoms with Gasteiger partial charge in [0.05, 0.1) is 17.3 Å². The van der Waals surface area contributed by atoms with Gasteiger partial charge < -0.3 is 10.2 Å². The van der Waals surface area contributed by atoms with Gasteiger partial charge in [0.15, 0.2) is 0 Å². The fourth-order valence-electron chi connectivity index (χ4n) is 1.24. The van der Waals surface area contributed by atoms with Gasteiger partial charge in [0.1, 0.15) is 0 Å². The number of benzene rings is 1. The molecule has 1 N–H and O–H groups in total. The third-order valence-corrected chi connectivity index (χ3v) is 2.71. The van der Waals surface area contributed by atoms with E-state index < -0.39 is 0 Å². The molecule has 0 spiro atoms. The van der Waals surface area contributed by atoms with Crippen molar-refractivity contribution in [2.45, 2.75) is 6.92 Å². The van der Waals surface area contributed by atoms with E-state index >= 15 is 0 Å². The topological polar surface area (TPSA) is 32.3 Å². The van der Waals surface area contributed by atoms with Crippen LogP contribution in [0.25, 0.3) is 0 Å². The predicted octanol–water partition coefficient (Wildman–Crippen LogP) is 2.57. The number of carbonyl (C=O) groups excluding carboxylic acids is 1. The molecule has 0 radical (unpaired) electrons. The zero-order valence-corrected chi connectivity index (χ0v) is 10.8. The summed E-state index contributed by atoms with van der Waals surface area (Å²) in [6, 6.07) is 5.06. The molecule has 0 aromatic heterocycles. The number of carbonyl (C=O) groups is 1. The van der Waals surface area contributed by atoms with Crippen molar-refractivity contribution in [3.05, 3.63) is 28.2 Å². The van der Waals surface area contributed by atoms with Crippen LogP contribution in [0.15, 0.2) is 18.2 Å². The van der Waals surface area contributed by atoms with Crippen molar-refractivity contribution in [3.63, 3.8) is 0 Å². The second-order valence-corrected chi connectivity index (χ2v) is 4.17. The van der Waals surface area contributed by atoms with E-state index in [0.29, 0.717) is 22.3 Å². The Labute approximate surface area is 105 Å². The molecule has 0 saturated heterocycles. The minimum atomic E-state index is -0.0360. The molecule has 0 fully saturated rings. The van der Waals surface area contributed by atoms with Crippen LogP contribution < -0.4 is 10.2 Å². The molecule has 0 bridgehead atoms. The maximum Gasteiger partial charge on any atom is 0.240 e. The lowest BCUT2D eigenvalue weighted by Gasteiger charge is -2.18. The molecule has 1 amide bonds. The summed E-state index contributed by atoms with van der Waals surface area (Å²) in [5.41, 5.74) is 0.661. The molecule has 1 aromatic rings. The lowest BCUT2D eigenvalue weighted by Crippen LogP contribution is -2.35. The van der Waals surface area contributed by atoms with Crippen LogP contribution in [-0.4, -0.2) is 26.0 Å². The van der Waals surface area contributed by atoms with Gasteiger partial charge in [0, 0.05) is 12.1 Å². The third-order valence-electron chi connectivity index (χ3n) is 2.17. The van der Waals surface area contributed by atoms with E-state index in [1.165, 1.54) is 4.90 Å². The molecule has 0 aliphatic rings. The van der Waals surface area contributed by atoms with E-state index in [9.17, 15) is 4.79 Å². The zero-order valence-electron chi connectivity index (χ0n) is 9.26. The number of amides is 1. The highest BCUT2D eigenvalue weighted by Gasteiger charge is 2.13. The highest BCUT2D eigenvalue weighted by Crippen LogP contribution is 2.27. The number of hydrogen-bond acceptors (Lipinski definition) is 2. The fraction of sp³-hybridized carbons (Fsp3) is 0.364. The quantitative estimate of drug-likeness (QED) is 0.903. The van der Waals surface area contributed by atoms with Crippen LogP contribution in [0.2, 0.25) is 10.0 Å². The van der Waals surface area contributed by atoms with Crippen LogP contribution in [0.1, 0.15) is 6.92 Å². The minimum absolute atomic E-state index is 0.0360. The molecule has 5 heteroatoms. The smallest absolute Gasteiger partial charge is 0.240 e. The van der Waals surface area contributed by atoms with Crippen LogP contribution in [-0.2, 0) is 4.79 Å². The van der Waals surface area contributed by atoms with Crippen molar-refractivity contribution in [2.24, 2.45) is 0 Å². The average Bonchev–Trinajstić information content (AvgIpc) is 2.25. The Morgan fingerprint density at radius 3 is 2.69 bits per heavy atom. The summed E-state index contributed by atoms with van der Waals surface area (Å²) in [5, 5.41) is 4.00. The average molecular weight is 261 g/mol. The standard InChI is InChI=1S/C11H14Cl2N2O/c1-3-14-7-11(16)15(2)10-5-4-8(12)6-9(10)13/h4-6,14H,3,7H2,1-2H3. The second-order valence-electron chi connectivity index (χ2n) is 3.33. The number of rotatable bonds is 4. The molecule has 0 heterocycles. The Kier molecular flexibility index (Phi) is 5.06.